The number of aromatic nitrogens is 1. The van der Waals surface area contributed by atoms with Gasteiger partial charge in [-0.3, -0.25) is 14.6 Å². The molecule has 1 unspecified atom stereocenters. The first kappa shape index (κ1) is 12.0. The van der Waals surface area contributed by atoms with E-state index in [2.05, 4.69) is 10.3 Å². The van der Waals surface area contributed by atoms with Gasteiger partial charge in [0.2, 0.25) is 0 Å². The summed E-state index contributed by atoms with van der Waals surface area (Å²) in [5, 5.41) is 12.0. The predicted molar refractivity (Wildman–Crippen MR) is 66.3 cm³/mol. The first-order valence-electron chi connectivity index (χ1n) is 5.46. The van der Waals surface area contributed by atoms with Crippen LogP contribution in [0.4, 0.5) is 0 Å². The van der Waals surface area contributed by atoms with E-state index in [4.69, 9.17) is 5.11 Å². The van der Waals surface area contributed by atoms with Gasteiger partial charge in [0.15, 0.2) is 0 Å². The Balaban J connectivity index is 2.25. The summed E-state index contributed by atoms with van der Waals surface area (Å²) in [5.74, 6) is -1.47. The Hall–Kier alpha value is -2.43. The molecule has 1 aromatic heterocycles. The predicted octanol–water partition coefficient (Wildman–Crippen LogP) is 1.44. The van der Waals surface area contributed by atoms with Crippen molar-refractivity contribution in [1.29, 1.82) is 0 Å². The number of carboxylic acid groups (broad SMARTS) is 1. The van der Waals surface area contributed by atoms with Crippen LogP contribution < -0.4 is 5.32 Å². The smallest absolute Gasteiger partial charge is 0.325 e. The third-order valence-corrected chi connectivity index (χ3v) is 2.58. The normalized spacial score (nSPS) is 12.1. The van der Waals surface area contributed by atoms with Crippen LogP contribution in [0.1, 0.15) is 17.3 Å². The quantitative estimate of drug-likeness (QED) is 0.856. The number of carbonyl (C=O) groups excluding carboxylic acids is 1. The molecule has 5 heteroatoms. The third kappa shape index (κ3) is 2.45. The minimum atomic E-state index is -1.06. The van der Waals surface area contributed by atoms with E-state index in [9.17, 15) is 9.59 Å². The molecule has 0 fully saturated rings. The van der Waals surface area contributed by atoms with Crippen LogP contribution in [-0.4, -0.2) is 28.0 Å². The summed E-state index contributed by atoms with van der Waals surface area (Å²) in [5.41, 5.74) is 1.21. The molecule has 0 saturated heterocycles. The Kier molecular flexibility index (Phi) is 3.23. The summed E-state index contributed by atoms with van der Waals surface area (Å²) >= 11 is 0. The number of pyridine rings is 1. The lowest BCUT2D eigenvalue weighted by atomic mass is 10.1. The zero-order valence-electron chi connectivity index (χ0n) is 9.75. The first-order chi connectivity index (χ1) is 8.58. The average molecular weight is 244 g/mol. The number of hydrogen-bond acceptors (Lipinski definition) is 3. The molecule has 18 heavy (non-hydrogen) atoms. The highest BCUT2D eigenvalue weighted by atomic mass is 16.4. The molecule has 0 radical (unpaired) electrons. The maximum Gasteiger partial charge on any atom is 0.325 e. The molecule has 92 valence electrons. The number of hydrogen-bond donors (Lipinski definition) is 2. The van der Waals surface area contributed by atoms with E-state index in [-0.39, 0.29) is 0 Å². The average Bonchev–Trinajstić information content (AvgIpc) is 2.37. The first-order valence-corrected chi connectivity index (χ1v) is 5.46. The van der Waals surface area contributed by atoms with Crippen molar-refractivity contribution in [2.45, 2.75) is 13.0 Å². The molecule has 0 spiro atoms. The monoisotopic (exact) mass is 244 g/mol. The molecular weight excluding hydrogens is 232 g/mol. The lowest BCUT2D eigenvalue weighted by Crippen LogP contribution is -2.38. The topological polar surface area (TPSA) is 79.3 Å². The summed E-state index contributed by atoms with van der Waals surface area (Å²) in [4.78, 5) is 26.6. The minimum absolute atomic E-state index is 0.407. The molecular formula is C13H12N2O3. The number of nitrogens with zero attached hydrogens (tertiary/aromatic N) is 1. The second-order valence-electron chi connectivity index (χ2n) is 3.94. The van der Waals surface area contributed by atoms with Crippen molar-refractivity contribution in [2.24, 2.45) is 0 Å². The number of benzene rings is 1. The maximum absolute atomic E-state index is 11.8. The van der Waals surface area contributed by atoms with Gasteiger partial charge in [0.25, 0.3) is 5.91 Å². The number of fused-ring (bicyclic) bond motifs is 1. The van der Waals surface area contributed by atoms with Crippen LogP contribution in [0.5, 0.6) is 0 Å². The molecule has 2 rings (SSSR count). The van der Waals surface area contributed by atoms with Crippen molar-refractivity contribution in [1.82, 2.24) is 10.3 Å². The van der Waals surface area contributed by atoms with Gasteiger partial charge < -0.3 is 10.4 Å². The van der Waals surface area contributed by atoms with Crippen molar-refractivity contribution in [3.8, 4) is 0 Å². The second-order valence-corrected chi connectivity index (χ2v) is 3.94. The SMILES string of the molecule is CC(NC(=O)c1ccc2ncccc2c1)C(=O)O. The molecule has 0 aliphatic heterocycles. The lowest BCUT2D eigenvalue weighted by molar-refractivity contribution is -0.138. The van der Waals surface area contributed by atoms with Crippen LogP contribution in [0.25, 0.3) is 10.9 Å². The van der Waals surface area contributed by atoms with Gasteiger partial charge in [-0.2, -0.15) is 0 Å². The third-order valence-electron chi connectivity index (χ3n) is 2.58. The van der Waals surface area contributed by atoms with Crippen molar-refractivity contribution in [3.63, 3.8) is 0 Å². The van der Waals surface area contributed by atoms with Crippen molar-refractivity contribution in [2.75, 3.05) is 0 Å². The highest BCUT2D eigenvalue weighted by molar-refractivity contribution is 5.99. The van der Waals surface area contributed by atoms with Crippen LogP contribution in [-0.2, 0) is 4.79 Å². The number of nitrogens with one attached hydrogen (secondary N) is 1. The minimum Gasteiger partial charge on any atom is -0.480 e. The van der Waals surface area contributed by atoms with Crippen molar-refractivity contribution >= 4 is 22.8 Å². The maximum atomic E-state index is 11.8. The van der Waals surface area contributed by atoms with Gasteiger partial charge >= 0.3 is 5.97 Å². The zero-order valence-corrected chi connectivity index (χ0v) is 9.75. The summed E-state index contributed by atoms with van der Waals surface area (Å²) in [6.45, 7) is 1.42. The number of aliphatic carboxylic acids is 1. The van der Waals surface area contributed by atoms with E-state index >= 15 is 0 Å². The van der Waals surface area contributed by atoms with Crippen molar-refractivity contribution < 1.29 is 14.7 Å². The van der Waals surface area contributed by atoms with Gasteiger partial charge in [-0.1, -0.05) is 6.07 Å². The molecule has 5 nitrogen and oxygen atoms in total. The molecule has 1 amide bonds. The fourth-order valence-corrected chi connectivity index (χ4v) is 1.56. The second kappa shape index (κ2) is 4.83. The van der Waals surface area contributed by atoms with E-state index in [1.807, 2.05) is 6.07 Å². The zero-order chi connectivity index (χ0) is 13.1. The Morgan fingerprint density at radius 2 is 2.11 bits per heavy atom. The Morgan fingerprint density at radius 3 is 2.83 bits per heavy atom. The van der Waals surface area contributed by atoms with Gasteiger partial charge in [-0.25, -0.2) is 0 Å². The van der Waals surface area contributed by atoms with Gasteiger partial charge in [0, 0.05) is 17.1 Å². The molecule has 0 aliphatic rings. The summed E-state index contributed by atoms with van der Waals surface area (Å²) in [7, 11) is 0. The highest BCUT2D eigenvalue weighted by Gasteiger charge is 2.15. The molecule has 1 aromatic carbocycles. The molecule has 0 aliphatic carbocycles. The number of carbonyl (C=O) groups is 2. The van der Waals surface area contributed by atoms with E-state index in [0.717, 1.165) is 10.9 Å². The van der Waals surface area contributed by atoms with E-state index < -0.39 is 17.9 Å². The molecule has 0 bridgehead atoms. The van der Waals surface area contributed by atoms with Crippen LogP contribution in [0.15, 0.2) is 36.5 Å². The lowest BCUT2D eigenvalue weighted by Gasteiger charge is -2.09. The van der Waals surface area contributed by atoms with E-state index in [1.165, 1.54) is 6.92 Å². The number of rotatable bonds is 3. The van der Waals surface area contributed by atoms with E-state index in [0.29, 0.717) is 5.56 Å². The fraction of sp³-hybridized carbons (Fsp3) is 0.154. The standard InChI is InChI=1S/C13H12N2O3/c1-8(13(17)18)15-12(16)10-4-5-11-9(7-10)3-2-6-14-11/h2-8H,1H3,(H,15,16)(H,17,18). The Bertz CT molecular complexity index is 610. The molecule has 2 N–H and O–H groups in total. The van der Waals surface area contributed by atoms with Gasteiger partial charge in [0.1, 0.15) is 6.04 Å². The van der Waals surface area contributed by atoms with Gasteiger partial charge in [-0.15, -0.1) is 0 Å². The summed E-state index contributed by atoms with van der Waals surface area (Å²) < 4.78 is 0. The highest BCUT2D eigenvalue weighted by Crippen LogP contribution is 2.13. The number of amides is 1. The van der Waals surface area contributed by atoms with Crippen molar-refractivity contribution in [3.05, 3.63) is 42.1 Å². The fourth-order valence-electron chi connectivity index (χ4n) is 1.56. The van der Waals surface area contributed by atoms with E-state index in [1.54, 1.807) is 30.5 Å². The number of carboxylic acids is 1. The van der Waals surface area contributed by atoms with Crippen LogP contribution in [0.2, 0.25) is 0 Å². The van der Waals surface area contributed by atoms with Crippen LogP contribution in [0, 0.1) is 0 Å². The molecule has 1 atom stereocenters. The van der Waals surface area contributed by atoms with Crippen LogP contribution >= 0.6 is 0 Å². The summed E-state index contributed by atoms with van der Waals surface area (Å²) in [6.07, 6.45) is 1.68. The molecule has 1 heterocycles. The Labute approximate surface area is 103 Å². The summed E-state index contributed by atoms with van der Waals surface area (Å²) in [6, 6.07) is 7.76. The molecule has 0 saturated carbocycles. The van der Waals surface area contributed by atoms with Gasteiger partial charge in [-0.05, 0) is 31.2 Å². The molecule has 2 aromatic rings. The van der Waals surface area contributed by atoms with Crippen LogP contribution in [0.3, 0.4) is 0 Å². The largest absolute Gasteiger partial charge is 0.480 e. The Morgan fingerprint density at radius 1 is 1.33 bits per heavy atom. The van der Waals surface area contributed by atoms with Gasteiger partial charge in [0.05, 0.1) is 5.52 Å².